The van der Waals surface area contributed by atoms with Crippen LogP contribution in [-0.2, 0) is 0 Å². The normalized spacial score (nSPS) is 43.4. The summed E-state index contributed by atoms with van der Waals surface area (Å²) in [7, 11) is 0. The van der Waals surface area contributed by atoms with Crippen LogP contribution < -0.4 is 10.6 Å². The van der Waals surface area contributed by atoms with E-state index in [-0.39, 0.29) is 6.10 Å². The highest BCUT2D eigenvalue weighted by molar-refractivity contribution is 4.94. The monoisotopic (exact) mass is 280 g/mol. The summed E-state index contributed by atoms with van der Waals surface area (Å²) in [5, 5.41) is 18.0. The van der Waals surface area contributed by atoms with Crippen molar-refractivity contribution < 1.29 is 5.11 Å². The van der Waals surface area contributed by atoms with Crippen LogP contribution in [0.1, 0.15) is 70.6 Å². The number of hydrogen-bond donors (Lipinski definition) is 3. The summed E-state index contributed by atoms with van der Waals surface area (Å²) >= 11 is 0. The van der Waals surface area contributed by atoms with Gasteiger partial charge in [0, 0.05) is 18.1 Å². The second-order valence-corrected chi connectivity index (χ2v) is 7.24. The molecule has 2 aliphatic carbocycles. The molecule has 0 amide bonds. The average Bonchev–Trinajstić information content (AvgIpc) is 2.92. The third-order valence-corrected chi connectivity index (χ3v) is 5.84. The molecule has 3 heteroatoms. The van der Waals surface area contributed by atoms with E-state index in [0.29, 0.717) is 12.1 Å². The van der Waals surface area contributed by atoms with Crippen LogP contribution >= 0.6 is 0 Å². The molecule has 1 saturated heterocycles. The van der Waals surface area contributed by atoms with Crippen LogP contribution in [0.4, 0.5) is 0 Å². The predicted octanol–water partition coefficient (Wildman–Crippen LogP) is 2.58. The van der Waals surface area contributed by atoms with Gasteiger partial charge in [-0.3, -0.25) is 0 Å². The Balaban J connectivity index is 1.60. The van der Waals surface area contributed by atoms with Gasteiger partial charge in [0.05, 0.1) is 6.10 Å². The van der Waals surface area contributed by atoms with Crippen LogP contribution in [0.2, 0.25) is 0 Å². The molecule has 0 bridgehead atoms. The van der Waals surface area contributed by atoms with Gasteiger partial charge >= 0.3 is 0 Å². The van der Waals surface area contributed by atoms with E-state index in [9.17, 15) is 5.11 Å². The van der Waals surface area contributed by atoms with E-state index in [1.165, 1.54) is 70.8 Å². The number of hydrogen-bond acceptors (Lipinski definition) is 3. The van der Waals surface area contributed by atoms with Gasteiger partial charge in [-0.15, -0.1) is 0 Å². The first-order chi connectivity index (χ1) is 9.84. The molecule has 3 N–H and O–H groups in total. The highest BCUT2D eigenvalue weighted by atomic mass is 16.3. The van der Waals surface area contributed by atoms with Crippen molar-refractivity contribution in [1.82, 2.24) is 10.6 Å². The second-order valence-electron chi connectivity index (χ2n) is 7.24. The van der Waals surface area contributed by atoms with Crippen LogP contribution in [0.25, 0.3) is 0 Å². The molecule has 0 spiro atoms. The van der Waals surface area contributed by atoms with Gasteiger partial charge in [0.2, 0.25) is 0 Å². The molecule has 3 rings (SSSR count). The fourth-order valence-electron chi connectivity index (χ4n) is 4.68. The van der Waals surface area contributed by atoms with Gasteiger partial charge in [0.15, 0.2) is 0 Å². The van der Waals surface area contributed by atoms with Crippen LogP contribution in [0, 0.1) is 5.92 Å². The Bertz CT molecular complexity index is 291. The molecular formula is C17H32N2O. The van der Waals surface area contributed by atoms with Crippen molar-refractivity contribution in [2.45, 2.75) is 94.9 Å². The van der Waals surface area contributed by atoms with Crippen molar-refractivity contribution in [1.29, 1.82) is 0 Å². The lowest BCUT2D eigenvalue weighted by Gasteiger charge is -2.39. The maximum atomic E-state index is 10.4. The quantitative estimate of drug-likeness (QED) is 0.696. The molecule has 0 aromatic heterocycles. The molecule has 116 valence electrons. The van der Waals surface area contributed by atoms with Gasteiger partial charge in [-0.2, -0.15) is 0 Å². The summed E-state index contributed by atoms with van der Waals surface area (Å²) in [6.07, 6.45) is 14.0. The molecule has 3 aliphatic rings. The molecule has 20 heavy (non-hydrogen) atoms. The third kappa shape index (κ3) is 3.55. The van der Waals surface area contributed by atoms with Gasteiger partial charge in [0.1, 0.15) is 0 Å². The Kier molecular flexibility index (Phi) is 5.36. The maximum absolute atomic E-state index is 10.4. The molecular weight excluding hydrogens is 248 g/mol. The van der Waals surface area contributed by atoms with Gasteiger partial charge < -0.3 is 15.7 Å². The lowest BCUT2D eigenvalue weighted by atomic mass is 9.78. The summed E-state index contributed by atoms with van der Waals surface area (Å²) in [4.78, 5) is 0. The highest BCUT2D eigenvalue weighted by Crippen LogP contribution is 2.32. The minimum absolute atomic E-state index is 0.114. The van der Waals surface area contributed by atoms with Gasteiger partial charge in [-0.1, -0.05) is 32.1 Å². The fourth-order valence-corrected chi connectivity index (χ4v) is 4.68. The summed E-state index contributed by atoms with van der Waals surface area (Å²) in [6.45, 7) is 1.21. The lowest BCUT2D eigenvalue weighted by molar-refractivity contribution is 0.0956. The van der Waals surface area contributed by atoms with E-state index >= 15 is 0 Å². The summed E-state index contributed by atoms with van der Waals surface area (Å²) < 4.78 is 0. The molecule has 0 aromatic rings. The topological polar surface area (TPSA) is 44.3 Å². The average molecular weight is 280 g/mol. The molecule has 0 radical (unpaired) electrons. The zero-order chi connectivity index (χ0) is 13.8. The molecule has 2 saturated carbocycles. The molecule has 5 atom stereocenters. The zero-order valence-electron chi connectivity index (χ0n) is 12.8. The minimum Gasteiger partial charge on any atom is -0.392 e. The molecule has 1 aliphatic heterocycles. The van der Waals surface area contributed by atoms with Crippen molar-refractivity contribution in [2.24, 2.45) is 5.92 Å². The molecule has 3 fully saturated rings. The van der Waals surface area contributed by atoms with Gasteiger partial charge in [-0.25, -0.2) is 0 Å². The van der Waals surface area contributed by atoms with Gasteiger partial charge in [0.25, 0.3) is 0 Å². The van der Waals surface area contributed by atoms with Crippen LogP contribution in [0.5, 0.6) is 0 Å². The summed E-state index contributed by atoms with van der Waals surface area (Å²) in [5.74, 6) is 0.793. The number of nitrogens with one attached hydrogen (secondary N) is 2. The van der Waals surface area contributed by atoms with Crippen LogP contribution in [0.3, 0.4) is 0 Å². The van der Waals surface area contributed by atoms with Crippen LogP contribution in [0.15, 0.2) is 0 Å². The fraction of sp³-hybridized carbons (Fsp3) is 1.00. The Labute approximate surface area is 123 Å². The van der Waals surface area contributed by atoms with Gasteiger partial charge in [-0.05, 0) is 51.0 Å². The Morgan fingerprint density at radius 1 is 0.750 bits per heavy atom. The number of aliphatic hydroxyl groups excluding tert-OH is 1. The van der Waals surface area contributed by atoms with Crippen molar-refractivity contribution >= 4 is 0 Å². The summed E-state index contributed by atoms with van der Waals surface area (Å²) in [6, 6.07) is 1.72. The van der Waals surface area contributed by atoms with E-state index in [2.05, 4.69) is 10.6 Å². The van der Waals surface area contributed by atoms with E-state index in [0.717, 1.165) is 18.4 Å². The smallest absolute Gasteiger partial charge is 0.0693 e. The molecule has 3 nitrogen and oxygen atoms in total. The van der Waals surface area contributed by atoms with E-state index in [4.69, 9.17) is 0 Å². The first-order valence-corrected chi connectivity index (χ1v) is 9.02. The van der Waals surface area contributed by atoms with Crippen molar-refractivity contribution in [3.8, 4) is 0 Å². The Morgan fingerprint density at radius 2 is 1.50 bits per heavy atom. The Hall–Kier alpha value is -0.120. The maximum Gasteiger partial charge on any atom is 0.0693 e. The van der Waals surface area contributed by atoms with Crippen LogP contribution in [-0.4, -0.2) is 35.9 Å². The highest BCUT2D eigenvalue weighted by Gasteiger charge is 2.35. The predicted molar refractivity (Wildman–Crippen MR) is 82.8 cm³/mol. The van der Waals surface area contributed by atoms with Crippen molar-refractivity contribution in [3.63, 3.8) is 0 Å². The Morgan fingerprint density at radius 3 is 2.35 bits per heavy atom. The minimum atomic E-state index is -0.114. The number of rotatable bonds is 3. The number of aliphatic hydroxyl groups is 1. The first kappa shape index (κ1) is 14.8. The van der Waals surface area contributed by atoms with Crippen molar-refractivity contribution in [3.05, 3.63) is 0 Å². The molecule has 1 heterocycles. The van der Waals surface area contributed by atoms with E-state index in [1.807, 2.05) is 0 Å². The van der Waals surface area contributed by atoms with E-state index < -0.39 is 0 Å². The molecule has 5 unspecified atom stereocenters. The second kappa shape index (κ2) is 7.24. The lowest BCUT2D eigenvalue weighted by Crippen LogP contribution is -2.53. The SMILES string of the molecule is OC1CCCCCC1NC1CCCCC1C1CCCN1. The zero-order valence-corrected chi connectivity index (χ0v) is 12.8. The standard InChI is InChI=1S/C17H32N2O/c20-17-11-3-1-2-9-16(17)19-15-8-5-4-7-13(15)14-10-6-12-18-14/h13-20H,1-12H2. The van der Waals surface area contributed by atoms with E-state index in [1.54, 1.807) is 0 Å². The largest absolute Gasteiger partial charge is 0.392 e. The summed E-state index contributed by atoms with van der Waals surface area (Å²) in [5.41, 5.74) is 0. The third-order valence-electron chi connectivity index (χ3n) is 5.84. The van der Waals surface area contributed by atoms with Crippen molar-refractivity contribution in [2.75, 3.05) is 6.54 Å². The first-order valence-electron chi connectivity index (χ1n) is 9.02. The molecule has 0 aromatic carbocycles.